The standard InChI is InChI=1S/C26H18N2/c1-2-8-22(9-3-1)28-16-14-20-11-13-25-24(26(20)28)15-17-27(25)23-12-10-19-6-4-5-7-21(19)18-23/h1-18H. The van der Waals surface area contributed by atoms with Crippen molar-refractivity contribution in [3.63, 3.8) is 0 Å². The number of nitrogens with zero attached hydrogens (tertiary/aromatic N) is 2. The van der Waals surface area contributed by atoms with Crippen LogP contribution in [0.3, 0.4) is 0 Å². The molecule has 132 valence electrons. The second-order valence-corrected chi connectivity index (χ2v) is 7.17. The first-order valence-corrected chi connectivity index (χ1v) is 9.54. The van der Waals surface area contributed by atoms with Crippen LogP contribution >= 0.6 is 0 Å². The molecule has 0 N–H and O–H groups in total. The molecule has 0 saturated carbocycles. The maximum atomic E-state index is 2.28. The summed E-state index contributed by atoms with van der Waals surface area (Å²) < 4.78 is 4.56. The normalized spacial score (nSPS) is 11.6. The molecule has 2 heteroatoms. The first-order chi connectivity index (χ1) is 13.9. The van der Waals surface area contributed by atoms with Crippen LogP contribution in [0, 0.1) is 0 Å². The molecule has 0 aliphatic heterocycles. The summed E-state index contributed by atoms with van der Waals surface area (Å²) in [4.78, 5) is 0. The Kier molecular flexibility index (Phi) is 3.20. The number of benzene rings is 4. The van der Waals surface area contributed by atoms with Crippen molar-refractivity contribution in [1.29, 1.82) is 0 Å². The third kappa shape index (κ3) is 2.21. The summed E-state index contributed by atoms with van der Waals surface area (Å²) in [6.45, 7) is 0. The van der Waals surface area contributed by atoms with Gasteiger partial charge in [-0.15, -0.1) is 0 Å². The molecule has 0 fully saturated rings. The van der Waals surface area contributed by atoms with Gasteiger partial charge < -0.3 is 9.13 Å². The van der Waals surface area contributed by atoms with E-state index in [-0.39, 0.29) is 0 Å². The highest BCUT2D eigenvalue weighted by atomic mass is 15.0. The van der Waals surface area contributed by atoms with E-state index in [4.69, 9.17) is 0 Å². The topological polar surface area (TPSA) is 9.86 Å². The van der Waals surface area contributed by atoms with Crippen LogP contribution in [-0.2, 0) is 0 Å². The Bertz CT molecular complexity index is 1450. The van der Waals surface area contributed by atoms with Crippen LogP contribution in [0.4, 0.5) is 0 Å². The van der Waals surface area contributed by atoms with Gasteiger partial charge in [-0.05, 0) is 53.2 Å². The number of hydrogen-bond acceptors (Lipinski definition) is 0. The SMILES string of the molecule is c1ccc(-n2ccc3ccc4c(ccn4-c4ccc5ccccc5c4)c32)cc1. The van der Waals surface area contributed by atoms with Crippen LogP contribution in [-0.4, -0.2) is 9.13 Å². The fourth-order valence-corrected chi connectivity index (χ4v) is 4.21. The zero-order valence-electron chi connectivity index (χ0n) is 15.3. The molecule has 0 atom stereocenters. The van der Waals surface area contributed by atoms with Crippen LogP contribution in [0.25, 0.3) is 44.0 Å². The molecule has 0 aliphatic carbocycles. The second-order valence-electron chi connectivity index (χ2n) is 7.17. The predicted molar refractivity (Wildman–Crippen MR) is 118 cm³/mol. The molecule has 0 unspecified atom stereocenters. The van der Waals surface area contributed by atoms with E-state index in [0.29, 0.717) is 0 Å². The van der Waals surface area contributed by atoms with E-state index in [1.54, 1.807) is 0 Å². The molecule has 6 rings (SSSR count). The second kappa shape index (κ2) is 5.86. The molecule has 0 aliphatic rings. The average molecular weight is 358 g/mol. The number of aromatic nitrogens is 2. The van der Waals surface area contributed by atoms with Gasteiger partial charge in [-0.1, -0.05) is 54.6 Å². The fourth-order valence-electron chi connectivity index (χ4n) is 4.21. The molecule has 0 radical (unpaired) electrons. The molecular formula is C26H18N2. The van der Waals surface area contributed by atoms with Crippen LogP contribution in [0.1, 0.15) is 0 Å². The lowest BCUT2D eigenvalue weighted by atomic mass is 10.1. The number of rotatable bonds is 2. The lowest BCUT2D eigenvalue weighted by Crippen LogP contribution is -1.93. The maximum Gasteiger partial charge on any atom is 0.0622 e. The van der Waals surface area contributed by atoms with E-state index < -0.39 is 0 Å². The van der Waals surface area contributed by atoms with E-state index in [1.165, 1.54) is 44.0 Å². The number of para-hydroxylation sites is 1. The van der Waals surface area contributed by atoms with Crippen molar-refractivity contribution in [2.75, 3.05) is 0 Å². The minimum atomic E-state index is 1.18. The zero-order valence-corrected chi connectivity index (χ0v) is 15.3. The molecular weight excluding hydrogens is 340 g/mol. The largest absolute Gasteiger partial charge is 0.316 e. The van der Waals surface area contributed by atoms with Crippen molar-refractivity contribution >= 4 is 32.6 Å². The van der Waals surface area contributed by atoms with Crippen molar-refractivity contribution in [1.82, 2.24) is 9.13 Å². The molecule has 2 aromatic heterocycles. The van der Waals surface area contributed by atoms with E-state index >= 15 is 0 Å². The Morgan fingerprint density at radius 2 is 1.21 bits per heavy atom. The Labute approximate surface area is 162 Å². The van der Waals surface area contributed by atoms with Crippen molar-refractivity contribution in [3.05, 3.63) is 109 Å². The van der Waals surface area contributed by atoms with Gasteiger partial charge in [-0.2, -0.15) is 0 Å². The summed E-state index contributed by atoms with van der Waals surface area (Å²) in [5.41, 5.74) is 4.84. The molecule has 28 heavy (non-hydrogen) atoms. The van der Waals surface area contributed by atoms with Gasteiger partial charge in [0.15, 0.2) is 0 Å². The molecule has 4 aromatic carbocycles. The minimum absolute atomic E-state index is 1.18. The smallest absolute Gasteiger partial charge is 0.0622 e. The summed E-state index contributed by atoms with van der Waals surface area (Å²) in [5.74, 6) is 0. The van der Waals surface area contributed by atoms with Crippen LogP contribution in [0.5, 0.6) is 0 Å². The highest BCUT2D eigenvalue weighted by Crippen LogP contribution is 2.31. The molecule has 0 spiro atoms. The summed E-state index contributed by atoms with van der Waals surface area (Å²) >= 11 is 0. The van der Waals surface area contributed by atoms with Crippen LogP contribution in [0.2, 0.25) is 0 Å². The van der Waals surface area contributed by atoms with E-state index in [9.17, 15) is 0 Å². The molecule has 0 bridgehead atoms. The quantitative estimate of drug-likeness (QED) is 0.325. The Morgan fingerprint density at radius 3 is 2.11 bits per heavy atom. The first-order valence-electron chi connectivity index (χ1n) is 9.54. The minimum Gasteiger partial charge on any atom is -0.316 e. The molecule has 2 heterocycles. The van der Waals surface area contributed by atoms with Crippen LogP contribution < -0.4 is 0 Å². The average Bonchev–Trinajstić information content (AvgIpc) is 3.38. The summed E-state index contributed by atoms with van der Waals surface area (Å²) in [5, 5.41) is 5.05. The molecule has 2 nitrogen and oxygen atoms in total. The van der Waals surface area contributed by atoms with Crippen LogP contribution in [0.15, 0.2) is 109 Å². The lowest BCUT2D eigenvalue weighted by molar-refractivity contribution is 1.13. The molecule has 0 amide bonds. The van der Waals surface area contributed by atoms with Gasteiger partial charge in [-0.25, -0.2) is 0 Å². The highest BCUT2D eigenvalue weighted by molar-refractivity contribution is 6.06. The molecule has 6 aromatic rings. The Hall–Kier alpha value is -3.78. The Morgan fingerprint density at radius 1 is 0.464 bits per heavy atom. The van der Waals surface area contributed by atoms with Crippen molar-refractivity contribution < 1.29 is 0 Å². The van der Waals surface area contributed by atoms with E-state index in [1.807, 2.05) is 0 Å². The zero-order chi connectivity index (χ0) is 18.5. The van der Waals surface area contributed by atoms with Gasteiger partial charge >= 0.3 is 0 Å². The van der Waals surface area contributed by atoms with Gasteiger partial charge in [0.2, 0.25) is 0 Å². The Balaban J connectivity index is 1.61. The summed E-state index contributed by atoms with van der Waals surface area (Å²) in [7, 11) is 0. The first kappa shape index (κ1) is 15.3. The predicted octanol–water partition coefficient (Wildman–Crippen LogP) is 6.73. The van der Waals surface area contributed by atoms with Crippen molar-refractivity contribution in [3.8, 4) is 11.4 Å². The number of fused-ring (bicyclic) bond motifs is 4. The van der Waals surface area contributed by atoms with Crippen molar-refractivity contribution in [2.24, 2.45) is 0 Å². The lowest BCUT2D eigenvalue weighted by Gasteiger charge is -2.09. The summed E-state index contributed by atoms with van der Waals surface area (Å²) in [6.07, 6.45) is 4.34. The van der Waals surface area contributed by atoms with Gasteiger partial charge in [0, 0.05) is 34.5 Å². The van der Waals surface area contributed by atoms with Gasteiger partial charge in [0.1, 0.15) is 0 Å². The van der Waals surface area contributed by atoms with Crippen molar-refractivity contribution in [2.45, 2.75) is 0 Å². The number of hydrogen-bond donors (Lipinski definition) is 0. The van der Waals surface area contributed by atoms with E-state index in [0.717, 1.165) is 0 Å². The third-order valence-corrected chi connectivity index (χ3v) is 5.56. The third-order valence-electron chi connectivity index (χ3n) is 5.56. The van der Waals surface area contributed by atoms with Gasteiger partial charge in [0.05, 0.1) is 11.0 Å². The fraction of sp³-hybridized carbons (Fsp3) is 0. The summed E-state index contributed by atoms with van der Waals surface area (Å²) in [6, 6.07) is 34.5. The monoisotopic (exact) mass is 358 g/mol. The molecule has 0 saturated heterocycles. The van der Waals surface area contributed by atoms with Gasteiger partial charge in [-0.3, -0.25) is 0 Å². The maximum absolute atomic E-state index is 2.28. The van der Waals surface area contributed by atoms with Gasteiger partial charge in [0.25, 0.3) is 0 Å². The highest BCUT2D eigenvalue weighted by Gasteiger charge is 2.11. The van der Waals surface area contributed by atoms with E-state index in [2.05, 4.69) is 119 Å².